The number of benzene rings is 1. The molecule has 8 heteroatoms. The Bertz CT molecular complexity index is 634. The fourth-order valence-corrected chi connectivity index (χ4v) is 2.31. The summed E-state index contributed by atoms with van der Waals surface area (Å²) in [6.07, 6.45) is 0.432. The lowest BCUT2D eigenvalue weighted by atomic mass is 10.1. The highest BCUT2D eigenvalue weighted by atomic mass is 19.2. The molecule has 0 saturated carbocycles. The molecule has 3 amide bonds. The maximum Gasteiger partial charge on any atom is 0.262 e. The first-order valence-electron chi connectivity index (χ1n) is 6.44. The first kappa shape index (κ1) is 15.7. The van der Waals surface area contributed by atoms with Gasteiger partial charge < -0.3 is 10.1 Å². The summed E-state index contributed by atoms with van der Waals surface area (Å²) in [5, 5.41) is 2.29. The smallest absolute Gasteiger partial charge is 0.262 e. The number of nitrogens with zero attached hydrogens (tertiary/aromatic N) is 1. The van der Waals surface area contributed by atoms with Crippen LogP contribution in [-0.4, -0.2) is 42.0 Å². The van der Waals surface area contributed by atoms with Crippen molar-refractivity contribution in [2.45, 2.75) is 18.9 Å². The van der Waals surface area contributed by atoms with Crippen LogP contribution in [0.5, 0.6) is 0 Å². The number of hydrogen-bond donors (Lipinski definition) is 1. The van der Waals surface area contributed by atoms with E-state index in [-0.39, 0.29) is 24.0 Å². The van der Waals surface area contributed by atoms with Crippen molar-refractivity contribution in [1.29, 1.82) is 0 Å². The summed E-state index contributed by atoms with van der Waals surface area (Å²) < 4.78 is 26.5. The van der Waals surface area contributed by atoms with Crippen LogP contribution in [-0.2, 0) is 9.59 Å². The molecule has 0 radical (unpaired) electrons. The van der Waals surface area contributed by atoms with Crippen LogP contribution in [0.15, 0.2) is 12.1 Å². The summed E-state index contributed by atoms with van der Waals surface area (Å²) in [5.74, 6) is -4.94. The van der Waals surface area contributed by atoms with E-state index in [2.05, 4.69) is 5.32 Å². The molecule has 1 aliphatic heterocycles. The Labute approximate surface area is 124 Å². The molecule has 6 nitrogen and oxygen atoms in total. The minimum atomic E-state index is -1.26. The number of nitrogens with one attached hydrogen (secondary N) is 1. The molecule has 1 unspecified atom stereocenters. The van der Waals surface area contributed by atoms with Crippen LogP contribution in [0, 0.1) is 11.6 Å². The predicted octanol–water partition coefficient (Wildman–Crippen LogP) is 0.654. The largest absolute Gasteiger partial charge is 0.357 e. The van der Waals surface area contributed by atoms with Crippen molar-refractivity contribution < 1.29 is 28.0 Å². The highest BCUT2D eigenvalue weighted by molar-refractivity contribution is 6.22. The lowest BCUT2D eigenvalue weighted by Gasteiger charge is -2.24. The third kappa shape index (κ3) is 2.47. The van der Waals surface area contributed by atoms with E-state index >= 15 is 0 Å². The van der Waals surface area contributed by atoms with E-state index in [1.165, 1.54) is 7.05 Å². The fraction of sp³-hybridized carbons (Fsp3) is 0.286. The van der Waals surface area contributed by atoms with Gasteiger partial charge >= 0.3 is 0 Å². The molecule has 2 rings (SSSR count). The Morgan fingerprint density at radius 1 is 1.23 bits per heavy atom. The SMILES string of the molecule is CNC(=O)C(CCC=O)N1C(=O)c2cc(F)c(F)cc2C1=O. The van der Waals surface area contributed by atoms with Crippen molar-refractivity contribution in [3.63, 3.8) is 0 Å². The molecule has 0 spiro atoms. The van der Waals surface area contributed by atoms with Gasteiger partial charge in [-0.3, -0.25) is 19.3 Å². The first-order valence-corrected chi connectivity index (χ1v) is 6.44. The number of aldehydes is 1. The molecule has 0 aromatic heterocycles. The molecule has 0 bridgehead atoms. The molecular formula is C14H12F2N2O4. The van der Waals surface area contributed by atoms with Crippen LogP contribution >= 0.6 is 0 Å². The molecule has 1 aromatic rings. The molecule has 0 saturated heterocycles. The zero-order chi connectivity index (χ0) is 16.4. The van der Waals surface area contributed by atoms with E-state index in [9.17, 15) is 28.0 Å². The van der Waals surface area contributed by atoms with Gasteiger partial charge in [0.25, 0.3) is 11.8 Å². The Kier molecular flexibility index (Phi) is 4.30. The molecule has 1 aromatic carbocycles. The monoisotopic (exact) mass is 310 g/mol. The number of imide groups is 1. The highest BCUT2D eigenvalue weighted by Gasteiger charge is 2.43. The third-order valence-corrected chi connectivity index (χ3v) is 3.38. The second-order valence-electron chi connectivity index (χ2n) is 4.67. The number of likely N-dealkylation sites (N-methyl/N-ethyl adjacent to an activating group) is 1. The molecule has 116 valence electrons. The summed E-state index contributed by atoms with van der Waals surface area (Å²) in [4.78, 5) is 47.5. The number of halogens is 2. The zero-order valence-corrected chi connectivity index (χ0v) is 11.6. The van der Waals surface area contributed by atoms with Gasteiger partial charge in [-0.2, -0.15) is 0 Å². The van der Waals surface area contributed by atoms with Gasteiger partial charge in [0.05, 0.1) is 11.1 Å². The quantitative estimate of drug-likeness (QED) is 0.639. The van der Waals surface area contributed by atoms with E-state index in [4.69, 9.17) is 0 Å². The summed E-state index contributed by atoms with van der Waals surface area (Å²) in [6.45, 7) is 0. The average Bonchev–Trinajstić information content (AvgIpc) is 2.72. The lowest BCUT2D eigenvalue weighted by Crippen LogP contribution is -2.48. The predicted molar refractivity (Wildman–Crippen MR) is 70.0 cm³/mol. The number of rotatable bonds is 5. The number of carbonyl (C=O) groups excluding carboxylic acids is 4. The van der Waals surface area contributed by atoms with Crippen molar-refractivity contribution in [2.75, 3.05) is 7.05 Å². The number of carbonyl (C=O) groups is 4. The summed E-state index contributed by atoms with van der Waals surface area (Å²) >= 11 is 0. The highest BCUT2D eigenvalue weighted by Crippen LogP contribution is 2.28. The number of hydrogen-bond acceptors (Lipinski definition) is 4. The van der Waals surface area contributed by atoms with Crippen LogP contribution in [0.4, 0.5) is 8.78 Å². The topological polar surface area (TPSA) is 83.6 Å². The Balaban J connectivity index is 2.44. The Morgan fingerprint density at radius 2 is 1.73 bits per heavy atom. The molecule has 1 heterocycles. The molecule has 0 fully saturated rings. The Hall–Kier alpha value is -2.64. The molecule has 1 aliphatic rings. The van der Waals surface area contributed by atoms with E-state index < -0.39 is 35.4 Å². The third-order valence-electron chi connectivity index (χ3n) is 3.38. The summed E-state index contributed by atoms with van der Waals surface area (Å²) in [5.41, 5.74) is -0.604. The van der Waals surface area contributed by atoms with Crippen molar-refractivity contribution in [3.05, 3.63) is 34.9 Å². The standard InChI is InChI=1S/C14H12F2N2O4/c1-17-12(20)11(3-2-4-19)18-13(21)7-5-9(15)10(16)6-8(7)14(18)22/h4-6,11H,2-3H2,1H3,(H,17,20). The molecule has 1 N–H and O–H groups in total. The molecule has 0 aliphatic carbocycles. The van der Waals surface area contributed by atoms with E-state index in [0.29, 0.717) is 23.3 Å². The van der Waals surface area contributed by atoms with Crippen LogP contribution < -0.4 is 5.32 Å². The van der Waals surface area contributed by atoms with Gasteiger partial charge in [0.15, 0.2) is 11.6 Å². The molecule has 22 heavy (non-hydrogen) atoms. The maximum absolute atomic E-state index is 13.2. The van der Waals surface area contributed by atoms with Crippen molar-refractivity contribution in [2.24, 2.45) is 0 Å². The van der Waals surface area contributed by atoms with Gasteiger partial charge in [-0.05, 0) is 18.6 Å². The molecule has 1 atom stereocenters. The second-order valence-corrected chi connectivity index (χ2v) is 4.67. The first-order chi connectivity index (χ1) is 10.4. The van der Waals surface area contributed by atoms with Crippen LogP contribution in [0.3, 0.4) is 0 Å². The van der Waals surface area contributed by atoms with Gasteiger partial charge in [-0.25, -0.2) is 8.78 Å². The maximum atomic E-state index is 13.2. The van der Waals surface area contributed by atoms with E-state index in [0.717, 1.165) is 0 Å². The van der Waals surface area contributed by atoms with Crippen molar-refractivity contribution >= 4 is 24.0 Å². The average molecular weight is 310 g/mol. The van der Waals surface area contributed by atoms with Crippen LogP contribution in [0.25, 0.3) is 0 Å². The second kappa shape index (κ2) is 6.00. The number of fused-ring (bicyclic) bond motifs is 1. The number of amides is 3. The molecular weight excluding hydrogens is 298 g/mol. The van der Waals surface area contributed by atoms with Crippen molar-refractivity contribution in [3.8, 4) is 0 Å². The van der Waals surface area contributed by atoms with Crippen LogP contribution in [0.2, 0.25) is 0 Å². The summed E-state index contributed by atoms with van der Waals surface area (Å²) in [7, 11) is 1.31. The van der Waals surface area contributed by atoms with Crippen molar-refractivity contribution in [1.82, 2.24) is 10.2 Å². The van der Waals surface area contributed by atoms with Gasteiger partial charge in [0, 0.05) is 13.5 Å². The Morgan fingerprint density at radius 3 is 2.14 bits per heavy atom. The van der Waals surface area contributed by atoms with E-state index in [1.54, 1.807) is 0 Å². The summed E-state index contributed by atoms with van der Waals surface area (Å²) in [6, 6.07) is 0.0468. The van der Waals surface area contributed by atoms with Gasteiger partial charge in [-0.1, -0.05) is 0 Å². The normalized spacial score (nSPS) is 14.8. The van der Waals surface area contributed by atoms with Gasteiger partial charge in [0.1, 0.15) is 12.3 Å². The van der Waals surface area contributed by atoms with Gasteiger partial charge in [0.2, 0.25) is 5.91 Å². The zero-order valence-electron chi connectivity index (χ0n) is 11.6. The minimum absolute atomic E-state index is 0.0474. The fourth-order valence-electron chi connectivity index (χ4n) is 2.31. The minimum Gasteiger partial charge on any atom is -0.357 e. The lowest BCUT2D eigenvalue weighted by molar-refractivity contribution is -0.124. The van der Waals surface area contributed by atoms with Crippen LogP contribution in [0.1, 0.15) is 33.6 Å². The van der Waals surface area contributed by atoms with E-state index in [1.807, 2.05) is 0 Å². The van der Waals surface area contributed by atoms with Gasteiger partial charge in [-0.15, -0.1) is 0 Å².